The lowest BCUT2D eigenvalue weighted by Gasteiger charge is -2.10. The maximum atomic E-state index is 13.6. The van der Waals surface area contributed by atoms with E-state index >= 15 is 0 Å². The Bertz CT molecular complexity index is 688. The Labute approximate surface area is 118 Å². The van der Waals surface area contributed by atoms with Crippen LogP contribution in [0.4, 0.5) is 30.5 Å². The maximum Gasteiger partial charge on any atom is 0.161 e. The molecule has 0 bridgehead atoms. The molecule has 1 aromatic carbocycles. The van der Waals surface area contributed by atoms with E-state index < -0.39 is 17.5 Å². The number of anilines is 3. The molecule has 5 nitrogen and oxygen atoms in total. The molecule has 0 unspecified atom stereocenters. The average Bonchev–Trinajstić information content (AvgIpc) is 3.29. The van der Waals surface area contributed by atoms with Crippen molar-refractivity contribution in [1.29, 1.82) is 0 Å². The van der Waals surface area contributed by atoms with Gasteiger partial charge < -0.3 is 10.7 Å². The number of nitrogens with one attached hydrogen (secondary N) is 2. The summed E-state index contributed by atoms with van der Waals surface area (Å²) < 4.78 is 39.7. The van der Waals surface area contributed by atoms with Gasteiger partial charge in [0.2, 0.25) is 0 Å². The highest BCUT2D eigenvalue weighted by atomic mass is 19.2. The standard InChI is InChI=1S/C13H12F3N5/c14-7-3-9(16)10(4-8(7)15)18-11-5-12(21-17)20-13(19-11)6-1-2-6/h3-6H,1-2,17H2,(H2,18,19,20,21). The van der Waals surface area contributed by atoms with Crippen LogP contribution >= 0.6 is 0 Å². The summed E-state index contributed by atoms with van der Waals surface area (Å²) in [7, 11) is 0. The fourth-order valence-electron chi connectivity index (χ4n) is 1.88. The number of benzene rings is 1. The first-order valence-corrected chi connectivity index (χ1v) is 6.34. The number of hydrazine groups is 1. The van der Waals surface area contributed by atoms with Crippen molar-refractivity contribution in [3.8, 4) is 0 Å². The minimum Gasteiger partial charge on any atom is -0.338 e. The van der Waals surface area contributed by atoms with Gasteiger partial charge in [-0.25, -0.2) is 29.0 Å². The van der Waals surface area contributed by atoms with Crippen molar-refractivity contribution in [1.82, 2.24) is 9.97 Å². The van der Waals surface area contributed by atoms with Gasteiger partial charge in [0.05, 0.1) is 5.69 Å². The molecule has 1 aliphatic rings. The molecule has 4 N–H and O–H groups in total. The molecule has 0 aliphatic heterocycles. The van der Waals surface area contributed by atoms with Crippen molar-refractivity contribution in [3.05, 3.63) is 41.5 Å². The van der Waals surface area contributed by atoms with E-state index in [-0.39, 0.29) is 17.4 Å². The molecular weight excluding hydrogens is 283 g/mol. The predicted molar refractivity (Wildman–Crippen MR) is 71.4 cm³/mol. The summed E-state index contributed by atoms with van der Waals surface area (Å²) in [4.78, 5) is 8.43. The maximum absolute atomic E-state index is 13.6. The second-order valence-electron chi connectivity index (χ2n) is 4.79. The zero-order valence-electron chi connectivity index (χ0n) is 10.8. The van der Waals surface area contributed by atoms with E-state index in [9.17, 15) is 13.2 Å². The minimum atomic E-state index is -1.25. The Balaban J connectivity index is 1.94. The van der Waals surface area contributed by atoms with Gasteiger partial charge in [-0.1, -0.05) is 0 Å². The molecule has 1 heterocycles. The summed E-state index contributed by atoms with van der Waals surface area (Å²) in [5.41, 5.74) is 2.18. The third kappa shape index (κ3) is 2.89. The van der Waals surface area contributed by atoms with E-state index in [0.29, 0.717) is 17.7 Å². The number of aromatic nitrogens is 2. The summed E-state index contributed by atoms with van der Waals surface area (Å²) in [5.74, 6) is 3.47. The van der Waals surface area contributed by atoms with E-state index in [1.165, 1.54) is 6.07 Å². The zero-order chi connectivity index (χ0) is 15.0. The van der Waals surface area contributed by atoms with E-state index in [1.54, 1.807) is 0 Å². The number of nitrogen functional groups attached to an aromatic ring is 1. The number of halogens is 3. The third-order valence-electron chi connectivity index (χ3n) is 3.11. The largest absolute Gasteiger partial charge is 0.338 e. The van der Waals surface area contributed by atoms with Crippen LogP contribution in [-0.4, -0.2) is 9.97 Å². The first kappa shape index (κ1) is 13.6. The second kappa shape index (κ2) is 5.21. The number of hydrogen-bond acceptors (Lipinski definition) is 5. The van der Waals surface area contributed by atoms with Gasteiger partial charge in [-0.05, 0) is 12.8 Å². The van der Waals surface area contributed by atoms with Crippen molar-refractivity contribution in [3.63, 3.8) is 0 Å². The van der Waals surface area contributed by atoms with Crippen molar-refractivity contribution in [2.24, 2.45) is 5.84 Å². The smallest absolute Gasteiger partial charge is 0.161 e. The van der Waals surface area contributed by atoms with Crippen LogP contribution in [-0.2, 0) is 0 Å². The van der Waals surface area contributed by atoms with Crippen molar-refractivity contribution in [2.75, 3.05) is 10.7 Å². The molecule has 1 fully saturated rings. The Kier molecular flexibility index (Phi) is 3.38. The lowest BCUT2D eigenvalue weighted by molar-refractivity contribution is 0.496. The van der Waals surface area contributed by atoms with Crippen LogP contribution < -0.4 is 16.6 Å². The zero-order valence-corrected chi connectivity index (χ0v) is 10.8. The molecule has 1 aliphatic carbocycles. The van der Waals surface area contributed by atoms with Crippen LogP contribution in [0, 0.1) is 17.5 Å². The molecule has 1 saturated carbocycles. The highest BCUT2D eigenvalue weighted by Crippen LogP contribution is 2.39. The molecule has 8 heteroatoms. The first-order chi connectivity index (χ1) is 10.1. The molecule has 0 radical (unpaired) electrons. The van der Waals surface area contributed by atoms with Gasteiger partial charge in [-0.2, -0.15) is 0 Å². The van der Waals surface area contributed by atoms with E-state index in [1.807, 2.05) is 0 Å². The Morgan fingerprint density at radius 3 is 2.29 bits per heavy atom. The predicted octanol–water partition coefficient (Wildman–Crippen LogP) is 2.80. The van der Waals surface area contributed by atoms with Crippen LogP contribution in [0.1, 0.15) is 24.6 Å². The summed E-state index contributed by atoms with van der Waals surface area (Å²) >= 11 is 0. The quantitative estimate of drug-likeness (QED) is 0.459. The van der Waals surface area contributed by atoms with E-state index in [0.717, 1.165) is 18.9 Å². The molecule has 110 valence electrons. The highest BCUT2D eigenvalue weighted by molar-refractivity contribution is 5.60. The second-order valence-corrected chi connectivity index (χ2v) is 4.79. The van der Waals surface area contributed by atoms with Crippen LogP contribution in [0.5, 0.6) is 0 Å². The summed E-state index contributed by atoms with van der Waals surface area (Å²) in [6.07, 6.45) is 1.96. The Morgan fingerprint density at radius 2 is 1.62 bits per heavy atom. The third-order valence-corrected chi connectivity index (χ3v) is 3.11. The number of nitrogens with zero attached hydrogens (tertiary/aromatic N) is 2. The monoisotopic (exact) mass is 295 g/mol. The van der Waals surface area contributed by atoms with Gasteiger partial charge in [-0.15, -0.1) is 0 Å². The van der Waals surface area contributed by atoms with Crippen molar-refractivity contribution < 1.29 is 13.2 Å². The van der Waals surface area contributed by atoms with Gasteiger partial charge in [0.15, 0.2) is 11.6 Å². The van der Waals surface area contributed by atoms with Gasteiger partial charge in [0.25, 0.3) is 0 Å². The van der Waals surface area contributed by atoms with Crippen LogP contribution in [0.3, 0.4) is 0 Å². The van der Waals surface area contributed by atoms with E-state index in [2.05, 4.69) is 20.7 Å². The van der Waals surface area contributed by atoms with Crippen LogP contribution in [0.25, 0.3) is 0 Å². The molecule has 1 aromatic heterocycles. The normalized spacial score (nSPS) is 14.1. The fraction of sp³-hybridized carbons (Fsp3) is 0.231. The van der Waals surface area contributed by atoms with Gasteiger partial charge in [-0.3, -0.25) is 0 Å². The Hall–Kier alpha value is -2.35. The SMILES string of the molecule is NNc1cc(Nc2cc(F)c(F)cc2F)nc(C2CC2)n1. The molecule has 0 saturated heterocycles. The number of nitrogens with two attached hydrogens (primary N) is 1. The molecule has 2 aromatic rings. The molecule has 0 amide bonds. The number of rotatable bonds is 4. The summed E-state index contributed by atoms with van der Waals surface area (Å²) in [6, 6.07) is 2.66. The summed E-state index contributed by atoms with van der Waals surface area (Å²) in [5, 5.41) is 2.61. The molecule has 21 heavy (non-hydrogen) atoms. The van der Waals surface area contributed by atoms with Gasteiger partial charge in [0.1, 0.15) is 23.3 Å². The fourth-order valence-corrected chi connectivity index (χ4v) is 1.88. The van der Waals surface area contributed by atoms with E-state index in [4.69, 9.17) is 5.84 Å². The minimum absolute atomic E-state index is 0.211. The lowest BCUT2D eigenvalue weighted by atomic mass is 10.2. The summed E-state index contributed by atoms with van der Waals surface area (Å²) in [6.45, 7) is 0. The van der Waals surface area contributed by atoms with Crippen molar-refractivity contribution >= 4 is 17.3 Å². The first-order valence-electron chi connectivity index (χ1n) is 6.34. The topological polar surface area (TPSA) is 75.9 Å². The van der Waals surface area contributed by atoms with Crippen LogP contribution in [0.15, 0.2) is 18.2 Å². The molecule has 3 rings (SSSR count). The van der Waals surface area contributed by atoms with Crippen LogP contribution in [0.2, 0.25) is 0 Å². The van der Waals surface area contributed by atoms with Crippen molar-refractivity contribution in [2.45, 2.75) is 18.8 Å². The average molecular weight is 295 g/mol. The Morgan fingerprint density at radius 1 is 0.952 bits per heavy atom. The number of hydrogen-bond donors (Lipinski definition) is 3. The lowest BCUT2D eigenvalue weighted by Crippen LogP contribution is -2.11. The molecule has 0 spiro atoms. The molecular formula is C13H12F3N5. The highest BCUT2D eigenvalue weighted by Gasteiger charge is 2.27. The molecule has 0 atom stereocenters. The van der Waals surface area contributed by atoms with Gasteiger partial charge >= 0.3 is 0 Å². The van der Waals surface area contributed by atoms with Gasteiger partial charge in [0, 0.05) is 24.1 Å².